The van der Waals surface area contributed by atoms with E-state index in [1.165, 1.54) is 24.5 Å². The van der Waals surface area contributed by atoms with Crippen LogP contribution in [-0.4, -0.2) is 33.1 Å². The second kappa shape index (κ2) is 8.11. The molecular formula is C23H25ClFN3O3. The van der Waals surface area contributed by atoms with Crippen LogP contribution in [0.15, 0.2) is 42.9 Å². The maximum absolute atomic E-state index is 13.5. The van der Waals surface area contributed by atoms with Crippen LogP contribution in [0, 0.1) is 11.2 Å². The highest BCUT2D eigenvalue weighted by Crippen LogP contribution is 2.56. The number of hydrogen-bond acceptors (Lipinski definition) is 5. The predicted octanol–water partition coefficient (Wildman–Crippen LogP) is 6.08. The maximum Gasteiger partial charge on any atom is 0.410 e. The van der Waals surface area contributed by atoms with Crippen molar-refractivity contribution < 1.29 is 18.7 Å². The van der Waals surface area contributed by atoms with Crippen LogP contribution in [0.25, 0.3) is 0 Å². The van der Waals surface area contributed by atoms with Crippen LogP contribution < -0.4 is 4.74 Å². The van der Waals surface area contributed by atoms with Crippen LogP contribution >= 0.6 is 11.6 Å². The molecule has 1 amide bonds. The van der Waals surface area contributed by atoms with Gasteiger partial charge in [0.15, 0.2) is 5.75 Å². The van der Waals surface area contributed by atoms with Gasteiger partial charge in [-0.05, 0) is 58.2 Å². The van der Waals surface area contributed by atoms with Gasteiger partial charge in [-0.1, -0.05) is 23.8 Å². The summed E-state index contributed by atoms with van der Waals surface area (Å²) in [6.07, 6.45) is 9.37. The van der Waals surface area contributed by atoms with E-state index in [4.69, 9.17) is 21.1 Å². The minimum Gasteiger partial charge on any atom is -0.452 e. The van der Waals surface area contributed by atoms with E-state index >= 15 is 0 Å². The van der Waals surface area contributed by atoms with E-state index in [2.05, 4.69) is 22.1 Å². The number of carbonyl (C=O) groups excluding carboxylic acids is 1. The number of likely N-dealkylation sites (tertiary alicyclic amines) is 1. The summed E-state index contributed by atoms with van der Waals surface area (Å²) in [5.74, 6) is 0.215. The molecule has 1 fully saturated rings. The first-order valence-electron chi connectivity index (χ1n) is 10.3. The van der Waals surface area contributed by atoms with Gasteiger partial charge in [0.05, 0.1) is 17.3 Å². The Labute approximate surface area is 186 Å². The van der Waals surface area contributed by atoms with Crippen molar-refractivity contribution in [3.8, 4) is 11.5 Å². The Morgan fingerprint density at radius 3 is 2.68 bits per heavy atom. The Hall–Kier alpha value is -2.67. The van der Waals surface area contributed by atoms with Gasteiger partial charge in [-0.15, -0.1) is 0 Å². The fourth-order valence-corrected chi connectivity index (χ4v) is 4.53. The third-order valence-electron chi connectivity index (χ3n) is 5.67. The fourth-order valence-electron chi connectivity index (χ4n) is 4.33. The maximum atomic E-state index is 13.5. The van der Waals surface area contributed by atoms with E-state index in [0.717, 1.165) is 19.3 Å². The Kier molecular flexibility index (Phi) is 5.64. The van der Waals surface area contributed by atoms with E-state index in [1.807, 2.05) is 20.8 Å². The predicted molar refractivity (Wildman–Crippen MR) is 115 cm³/mol. The number of halogens is 2. The molecule has 0 saturated carbocycles. The molecule has 8 heteroatoms. The molecule has 4 rings (SSSR count). The van der Waals surface area contributed by atoms with Crippen molar-refractivity contribution in [2.45, 2.75) is 51.7 Å². The van der Waals surface area contributed by atoms with E-state index in [-0.39, 0.29) is 22.6 Å². The van der Waals surface area contributed by atoms with Crippen molar-refractivity contribution in [1.82, 2.24) is 14.9 Å². The lowest BCUT2D eigenvalue weighted by Crippen LogP contribution is -2.39. The number of ether oxygens (including phenoxy) is 2. The van der Waals surface area contributed by atoms with Gasteiger partial charge in [0.2, 0.25) is 0 Å². The van der Waals surface area contributed by atoms with Gasteiger partial charge in [0.1, 0.15) is 29.2 Å². The Morgan fingerprint density at radius 1 is 1.26 bits per heavy atom. The summed E-state index contributed by atoms with van der Waals surface area (Å²) in [7, 11) is 0. The number of allylic oxidation sites excluding steroid dienone is 2. The molecule has 1 unspecified atom stereocenters. The van der Waals surface area contributed by atoms with Crippen molar-refractivity contribution in [3.63, 3.8) is 0 Å². The average molecular weight is 446 g/mol. The first-order chi connectivity index (χ1) is 14.7. The van der Waals surface area contributed by atoms with Crippen LogP contribution in [-0.2, 0) is 4.74 Å². The van der Waals surface area contributed by atoms with Crippen LogP contribution in [0.4, 0.5) is 9.18 Å². The Balaban J connectivity index is 1.73. The van der Waals surface area contributed by atoms with Gasteiger partial charge in [-0.3, -0.25) is 4.90 Å². The summed E-state index contributed by atoms with van der Waals surface area (Å²) in [4.78, 5) is 23.4. The van der Waals surface area contributed by atoms with Crippen LogP contribution in [0.1, 0.15) is 51.8 Å². The number of rotatable bonds is 3. The number of amides is 1. The number of carbonyl (C=O) groups is 1. The molecule has 0 bridgehead atoms. The van der Waals surface area contributed by atoms with Gasteiger partial charge in [0, 0.05) is 12.0 Å². The standard InChI is InChI=1S/C23H25ClFN3O3/c1-22(2,3)31-21(29)28-11-10-23(8-4-5-9-23)20(28)19-18(13-26-14-27-19)30-17-7-6-15(25)12-16(17)24/h4-7,12-14,20H,8-11H2,1-3H3. The van der Waals surface area contributed by atoms with E-state index in [9.17, 15) is 9.18 Å². The molecule has 0 N–H and O–H groups in total. The number of benzene rings is 1. The number of hydrogen-bond donors (Lipinski definition) is 0. The SMILES string of the molecule is CC(C)(C)OC(=O)N1CCC2(CC=CC2)C1c1ncncc1Oc1ccc(F)cc1Cl. The van der Waals surface area contributed by atoms with Gasteiger partial charge in [-0.2, -0.15) is 0 Å². The molecule has 164 valence electrons. The molecule has 1 aromatic heterocycles. The summed E-state index contributed by atoms with van der Waals surface area (Å²) >= 11 is 6.16. The van der Waals surface area contributed by atoms with Gasteiger partial charge >= 0.3 is 6.09 Å². The first kappa shape index (κ1) is 21.6. The Bertz CT molecular complexity index is 1010. The number of nitrogens with zero attached hydrogens (tertiary/aromatic N) is 3. The van der Waals surface area contributed by atoms with Crippen molar-refractivity contribution in [1.29, 1.82) is 0 Å². The highest BCUT2D eigenvalue weighted by atomic mass is 35.5. The molecule has 1 spiro atoms. The summed E-state index contributed by atoms with van der Waals surface area (Å²) < 4.78 is 25.2. The lowest BCUT2D eigenvalue weighted by Gasteiger charge is -2.36. The van der Waals surface area contributed by atoms with Gasteiger partial charge in [0.25, 0.3) is 0 Å². The van der Waals surface area contributed by atoms with Crippen molar-refractivity contribution in [3.05, 3.63) is 59.4 Å². The minimum atomic E-state index is -0.613. The molecule has 2 aliphatic rings. The summed E-state index contributed by atoms with van der Waals surface area (Å²) in [6.45, 7) is 6.10. The largest absolute Gasteiger partial charge is 0.452 e. The van der Waals surface area contributed by atoms with Crippen LogP contribution in [0.3, 0.4) is 0 Å². The van der Waals surface area contributed by atoms with E-state index < -0.39 is 11.4 Å². The highest BCUT2D eigenvalue weighted by molar-refractivity contribution is 6.32. The zero-order valence-corrected chi connectivity index (χ0v) is 18.5. The van der Waals surface area contributed by atoms with E-state index in [0.29, 0.717) is 23.7 Å². The lowest BCUT2D eigenvalue weighted by molar-refractivity contribution is 0.0155. The smallest absolute Gasteiger partial charge is 0.410 e. The molecule has 31 heavy (non-hydrogen) atoms. The monoisotopic (exact) mass is 445 g/mol. The molecule has 6 nitrogen and oxygen atoms in total. The zero-order valence-electron chi connectivity index (χ0n) is 17.8. The number of aromatic nitrogens is 2. The average Bonchev–Trinajstić information content (AvgIpc) is 3.31. The molecular weight excluding hydrogens is 421 g/mol. The fraction of sp³-hybridized carbons (Fsp3) is 0.435. The summed E-state index contributed by atoms with van der Waals surface area (Å²) in [5, 5.41) is 0.141. The molecule has 2 aromatic rings. The second-order valence-corrected chi connectivity index (χ2v) is 9.42. The second-order valence-electron chi connectivity index (χ2n) is 9.02. The first-order valence-corrected chi connectivity index (χ1v) is 10.6. The quantitative estimate of drug-likeness (QED) is 0.535. The Morgan fingerprint density at radius 2 is 2.00 bits per heavy atom. The normalized spacial score (nSPS) is 19.8. The molecule has 1 aliphatic heterocycles. The van der Waals surface area contributed by atoms with Gasteiger partial charge < -0.3 is 9.47 Å². The van der Waals surface area contributed by atoms with Crippen molar-refractivity contribution in [2.24, 2.45) is 5.41 Å². The van der Waals surface area contributed by atoms with Crippen LogP contribution in [0.5, 0.6) is 11.5 Å². The molecule has 1 aromatic carbocycles. The highest BCUT2D eigenvalue weighted by Gasteiger charge is 2.52. The van der Waals surface area contributed by atoms with E-state index in [1.54, 1.807) is 11.1 Å². The van der Waals surface area contributed by atoms with Crippen LogP contribution in [0.2, 0.25) is 5.02 Å². The lowest BCUT2D eigenvalue weighted by atomic mass is 9.76. The molecule has 1 saturated heterocycles. The molecule has 1 atom stereocenters. The minimum absolute atomic E-state index is 0.141. The summed E-state index contributed by atoms with van der Waals surface area (Å²) in [6, 6.07) is 3.57. The molecule has 0 radical (unpaired) electrons. The van der Waals surface area contributed by atoms with Crippen molar-refractivity contribution in [2.75, 3.05) is 6.54 Å². The topological polar surface area (TPSA) is 64.5 Å². The third kappa shape index (κ3) is 4.37. The summed E-state index contributed by atoms with van der Waals surface area (Å²) in [5.41, 5.74) is -0.212. The van der Waals surface area contributed by atoms with Crippen molar-refractivity contribution >= 4 is 17.7 Å². The molecule has 1 aliphatic carbocycles. The van der Waals surface area contributed by atoms with Gasteiger partial charge in [-0.25, -0.2) is 19.2 Å². The third-order valence-corrected chi connectivity index (χ3v) is 5.96. The zero-order chi connectivity index (χ0) is 22.2. The molecule has 2 heterocycles.